The smallest absolute Gasteiger partial charge is 0.434 e. The molecule has 0 fully saturated rings. The maximum absolute atomic E-state index is 11.1. The highest BCUT2D eigenvalue weighted by atomic mass is 16.7. The standard InChI is InChI=1S/C16H32O3/c1-3-5-7-8-9-10-11-12-13-15-19-16(17)18-14-6-4-2/h3-15H2,1-2H3. The first-order valence-electron chi connectivity index (χ1n) is 8.10. The van der Waals surface area contributed by atoms with E-state index in [1.165, 1.54) is 44.9 Å². The molecule has 0 saturated heterocycles. The summed E-state index contributed by atoms with van der Waals surface area (Å²) in [7, 11) is 0. The first-order chi connectivity index (χ1) is 9.31. The molecule has 0 aromatic heterocycles. The summed E-state index contributed by atoms with van der Waals surface area (Å²) < 4.78 is 9.89. The van der Waals surface area contributed by atoms with Crippen molar-refractivity contribution in [2.24, 2.45) is 0 Å². The summed E-state index contributed by atoms with van der Waals surface area (Å²) in [5.41, 5.74) is 0. The van der Waals surface area contributed by atoms with Gasteiger partial charge < -0.3 is 9.47 Å². The highest BCUT2D eigenvalue weighted by Crippen LogP contribution is 2.09. The monoisotopic (exact) mass is 272 g/mol. The van der Waals surface area contributed by atoms with Gasteiger partial charge in [-0.3, -0.25) is 0 Å². The maximum atomic E-state index is 11.1. The molecule has 0 spiro atoms. The SMILES string of the molecule is CCCCCCCCCCCOC(=O)OCCCC. The molecule has 0 rings (SSSR count). The Kier molecular flexibility index (Phi) is 14.7. The van der Waals surface area contributed by atoms with Gasteiger partial charge in [0.25, 0.3) is 0 Å². The van der Waals surface area contributed by atoms with E-state index in [9.17, 15) is 4.79 Å². The van der Waals surface area contributed by atoms with E-state index >= 15 is 0 Å². The molecule has 0 aliphatic carbocycles. The van der Waals surface area contributed by atoms with Crippen molar-refractivity contribution in [2.75, 3.05) is 13.2 Å². The zero-order chi connectivity index (χ0) is 14.2. The fourth-order valence-electron chi connectivity index (χ4n) is 1.91. The van der Waals surface area contributed by atoms with Crippen LogP contribution < -0.4 is 0 Å². The Morgan fingerprint density at radius 3 is 1.58 bits per heavy atom. The summed E-state index contributed by atoms with van der Waals surface area (Å²) in [4.78, 5) is 11.1. The average molecular weight is 272 g/mol. The summed E-state index contributed by atoms with van der Waals surface area (Å²) in [6, 6.07) is 0. The van der Waals surface area contributed by atoms with Crippen LogP contribution in [-0.2, 0) is 9.47 Å². The van der Waals surface area contributed by atoms with Crippen LogP contribution in [-0.4, -0.2) is 19.4 Å². The molecule has 0 bridgehead atoms. The predicted octanol–water partition coefficient (Wildman–Crippen LogP) is 5.47. The molecule has 0 saturated carbocycles. The fourth-order valence-corrected chi connectivity index (χ4v) is 1.91. The first kappa shape index (κ1) is 18.3. The molecule has 0 aromatic carbocycles. The Labute approximate surface area is 119 Å². The highest BCUT2D eigenvalue weighted by Gasteiger charge is 2.02. The van der Waals surface area contributed by atoms with Gasteiger partial charge in [-0.15, -0.1) is 0 Å². The lowest BCUT2D eigenvalue weighted by molar-refractivity contribution is 0.0532. The van der Waals surface area contributed by atoms with Crippen LogP contribution in [0.2, 0.25) is 0 Å². The second-order valence-electron chi connectivity index (χ2n) is 5.13. The molecule has 3 nitrogen and oxygen atoms in total. The number of carbonyl (C=O) groups is 1. The second-order valence-corrected chi connectivity index (χ2v) is 5.13. The molecule has 0 aromatic rings. The van der Waals surface area contributed by atoms with Gasteiger partial charge in [0.1, 0.15) is 0 Å². The first-order valence-corrected chi connectivity index (χ1v) is 8.10. The Hall–Kier alpha value is -0.730. The molecule has 0 aliphatic heterocycles. The summed E-state index contributed by atoms with van der Waals surface area (Å²) in [6.07, 6.45) is 12.9. The van der Waals surface area contributed by atoms with E-state index in [0.29, 0.717) is 13.2 Å². The molecule has 19 heavy (non-hydrogen) atoms. The molecule has 0 aliphatic rings. The zero-order valence-corrected chi connectivity index (χ0v) is 12.9. The number of rotatable bonds is 13. The topological polar surface area (TPSA) is 35.5 Å². The van der Waals surface area contributed by atoms with Crippen molar-refractivity contribution in [2.45, 2.75) is 84.5 Å². The van der Waals surface area contributed by atoms with E-state index in [1.54, 1.807) is 0 Å². The summed E-state index contributed by atoms with van der Waals surface area (Å²) in [5.74, 6) is 0. The maximum Gasteiger partial charge on any atom is 0.508 e. The van der Waals surface area contributed by atoms with E-state index < -0.39 is 6.16 Å². The molecule has 114 valence electrons. The third kappa shape index (κ3) is 15.2. The Bertz CT molecular complexity index is 192. The van der Waals surface area contributed by atoms with Gasteiger partial charge in [0.05, 0.1) is 13.2 Å². The minimum atomic E-state index is -0.506. The number of hydrogen-bond acceptors (Lipinski definition) is 3. The van der Waals surface area contributed by atoms with Crippen molar-refractivity contribution in [3.63, 3.8) is 0 Å². The molecule has 0 radical (unpaired) electrons. The minimum absolute atomic E-state index is 0.479. The molecule has 0 atom stereocenters. The van der Waals surface area contributed by atoms with Crippen LogP contribution in [0.5, 0.6) is 0 Å². The van der Waals surface area contributed by atoms with Crippen LogP contribution in [0.4, 0.5) is 4.79 Å². The Morgan fingerprint density at radius 1 is 0.632 bits per heavy atom. The van der Waals surface area contributed by atoms with E-state index in [1.807, 2.05) is 0 Å². The normalized spacial score (nSPS) is 10.4. The van der Waals surface area contributed by atoms with E-state index in [-0.39, 0.29) is 0 Å². The third-order valence-electron chi connectivity index (χ3n) is 3.19. The number of hydrogen-bond donors (Lipinski definition) is 0. The van der Waals surface area contributed by atoms with Crippen molar-refractivity contribution in [3.8, 4) is 0 Å². The van der Waals surface area contributed by atoms with Gasteiger partial charge in [0.2, 0.25) is 0 Å². The van der Waals surface area contributed by atoms with Crippen LogP contribution >= 0.6 is 0 Å². The van der Waals surface area contributed by atoms with Gasteiger partial charge >= 0.3 is 6.16 Å². The van der Waals surface area contributed by atoms with Crippen molar-refractivity contribution in [1.82, 2.24) is 0 Å². The van der Waals surface area contributed by atoms with Gasteiger partial charge in [-0.1, -0.05) is 71.6 Å². The molecular weight excluding hydrogens is 240 g/mol. The Morgan fingerprint density at radius 2 is 1.05 bits per heavy atom. The zero-order valence-electron chi connectivity index (χ0n) is 12.9. The molecule has 3 heteroatoms. The van der Waals surface area contributed by atoms with Crippen molar-refractivity contribution < 1.29 is 14.3 Å². The summed E-state index contributed by atoms with van der Waals surface area (Å²) in [6.45, 7) is 5.29. The van der Waals surface area contributed by atoms with E-state index in [2.05, 4.69) is 13.8 Å². The quantitative estimate of drug-likeness (QED) is 0.329. The van der Waals surface area contributed by atoms with Crippen LogP contribution in [0.1, 0.15) is 84.5 Å². The molecule has 0 N–H and O–H groups in total. The van der Waals surface area contributed by atoms with Crippen molar-refractivity contribution >= 4 is 6.16 Å². The number of unbranched alkanes of at least 4 members (excludes halogenated alkanes) is 9. The van der Waals surface area contributed by atoms with Crippen LogP contribution in [0.15, 0.2) is 0 Å². The van der Waals surface area contributed by atoms with Gasteiger partial charge in [-0.2, -0.15) is 0 Å². The molecule has 0 unspecified atom stereocenters. The average Bonchev–Trinajstić information content (AvgIpc) is 2.41. The largest absolute Gasteiger partial charge is 0.508 e. The molecular formula is C16H32O3. The van der Waals surface area contributed by atoms with E-state index in [4.69, 9.17) is 9.47 Å². The van der Waals surface area contributed by atoms with Crippen LogP contribution in [0, 0.1) is 0 Å². The highest BCUT2D eigenvalue weighted by molar-refractivity contribution is 5.59. The number of carbonyl (C=O) groups excluding carboxylic acids is 1. The predicted molar refractivity (Wildman–Crippen MR) is 79.4 cm³/mol. The minimum Gasteiger partial charge on any atom is -0.434 e. The van der Waals surface area contributed by atoms with Crippen molar-refractivity contribution in [1.29, 1.82) is 0 Å². The lowest BCUT2D eigenvalue weighted by atomic mass is 10.1. The summed E-state index contributed by atoms with van der Waals surface area (Å²) >= 11 is 0. The molecule has 0 amide bonds. The summed E-state index contributed by atoms with van der Waals surface area (Å²) in [5, 5.41) is 0. The van der Waals surface area contributed by atoms with Gasteiger partial charge in [0.15, 0.2) is 0 Å². The van der Waals surface area contributed by atoms with E-state index in [0.717, 1.165) is 25.7 Å². The number of ether oxygens (including phenoxy) is 2. The fraction of sp³-hybridized carbons (Fsp3) is 0.938. The third-order valence-corrected chi connectivity index (χ3v) is 3.19. The van der Waals surface area contributed by atoms with Gasteiger partial charge in [-0.05, 0) is 12.8 Å². The Balaban J connectivity index is 3.07. The molecule has 0 heterocycles. The van der Waals surface area contributed by atoms with Crippen LogP contribution in [0.25, 0.3) is 0 Å². The van der Waals surface area contributed by atoms with Crippen molar-refractivity contribution in [3.05, 3.63) is 0 Å². The lowest BCUT2D eigenvalue weighted by Crippen LogP contribution is -2.09. The van der Waals surface area contributed by atoms with Gasteiger partial charge in [-0.25, -0.2) is 4.79 Å². The second kappa shape index (κ2) is 15.3. The van der Waals surface area contributed by atoms with Gasteiger partial charge in [0, 0.05) is 0 Å². The lowest BCUT2D eigenvalue weighted by Gasteiger charge is -2.05. The van der Waals surface area contributed by atoms with Crippen LogP contribution in [0.3, 0.4) is 0 Å².